The summed E-state index contributed by atoms with van der Waals surface area (Å²) in [6.07, 6.45) is 0.225. The molecule has 1 amide bonds. The molecule has 2 aromatic rings. The van der Waals surface area contributed by atoms with Gasteiger partial charge in [0.1, 0.15) is 0 Å². The Hall–Kier alpha value is -1.65. The smallest absolute Gasteiger partial charge is 0.252 e. The Labute approximate surface area is 139 Å². The van der Waals surface area contributed by atoms with Crippen molar-refractivity contribution < 1.29 is 9.53 Å². The van der Waals surface area contributed by atoms with Gasteiger partial charge in [-0.3, -0.25) is 4.79 Å². The number of nitrogens with one attached hydrogen (secondary N) is 1. The van der Waals surface area contributed by atoms with Gasteiger partial charge < -0.3 is 10.1 Å². The molecular weight excluding hydrogens is 342 g/mol. The van der Waals surface area contributed by atoms with Crippen LogP contribution in [0.1, 0.15) is 35.3 Å². The van der Waals surface area contributed by atoms with Crippen molar-refractivity contribution in [2.75, 3.05) is 0 Å². The molecule has 0 radical (unpaired) electrons. The van der Waals surface area contributed by atoms with Crippen molar-refractivity contribution in [2.45, 2.75) is 33.1 Å². The maximum absolute atomic E-state index is 12.1. The summed E-state index contributed by atoms with van der Waals surface area (Å²) in [6, 6.07) is 15.5. The highest BCUT2D eigenvalue weighted by Gasteiger charge is 2.08. The van der Waals surface area contributed by atoms with Gasteiger partial charge in [0.15, 0.2) is 0 Å². The Bertz CT molecular complexity index is 623. The molecule has 1 N–H and O–H groups in total. The van der Waals surface area contributed by atoms with Gasteiger partial charge in [0, 0.05) is 11.0 Å². The lowest BCUT2D eigenvalue weighted by Crippen LogP contribution is -2.23. The number of hydrogen-bond donors (Lipinski definition) is 1. The largest absolute Gasteiger partial charge is 0.374 e. The Balaban J connectivity index is 1.89. The summed E-state index contributed by atoms with van der Waals surface area (Å²) in [6.45, 7) is 5.16. The van der Waals surface area contributed by atoms with E-state index in [-0.39, 0.29) is 12.0 Å². The lowest BCUT2D eigenvalue weighted by atomic mass is 10.1. The molecule has 0 saturated carbocycles. The molecule has 0 unspecified atom stereocenters. The van der Waals surface area contributed by atoms with E-state index in [9.17, 15) is 4.79 Å². The first-order valence-electron chi connectivity index (χ1n) is 7.28. The van der Waals surface area contributed by atoms with Crippen LogP contribution in [0.3, 0.4) is 0 Å². The van der Waals surface area contributed by atoms with Crippen molar-refractivity contribution in [2.24, 2.45) is 0 Å². The van der Waals surface area contributed by atoms with Gasteiger partial charge >= 0.3 is 0 Å². The van der Waals surface area contributed by atoms with E-state index < -0.39 is 0 Å². The van der Waals surface area contributed by atoms with Crippen molar-refractivity contribution in [3.63, 3.8) is 0 Å². The fourth-order valence-electron chi connectivity index (χ4n) is 1.94. The third-order valence-electron chi connectivity index (χ3n) is 3.18. The van der Waals surface area contributed by atoms with Crippen LogP contribution in [-0.2, 0) is 17.9 Å². The van der Waals surface area contributed by atoms with E-state index in [0.717, 1.165) is 15.6 Å². The topological polar surface area (TPSA) is 38.3 Å². The van der Waals surface area contributed by atoms with Gasteiger partial charge in [-0.05, 0) is 53.0 Å². The molecule has 3 nitrogen and oxygen atoms in total. The van der Waals surface area contributed by atoms with E-state index >= 15 is 0 Å². The second kappa shape index (κ2) is 8.11. The number of hydrogen-bond acceptors (Lipinski definition) is 2. The zero-order chi connectivity index (χ0) is 15.9. The van der Waals surface area contributed by atoms with E-state index in [0.29, 0.717) is 18.7 Å². The predicted octanol–water partition coefficient (Wildman–Crippen LogP) is 4.30. The van der Waals surface area contributed by atoms with Gasteiger partial charge in [-0.15, -0.1) is 0 Å². The highest BCUT2D eigenvalue weighted by molar-refractivity contribution is 9.10. The molecule has 0 aliphatic rings. The average Bonchev–Trinajstić information content (AvgIpc) is 2.52. The van der Waals surface area contributed by atoms with Gasteiger partial charge in [-0.1, -0.05) is 36.4 Å². The zero-order valence-corrected chi connectivity index (χ0v) is 14.4. The molecular formula is C18H20BrNO2. The van der Waals surface area contributed by atoms with Crippen molar-refractivity contribution >= 4 is 21.8 Å². The summed E-state index contributed by atoms with van der Waals surface area (Å²) < 4.78 is 6.36. The summed E-state index contributed by atoms with van der Waals surface area (Å²) in [7, 11) is 0. The van der Waals surface area contributed by atoms with Crippen LogP contribution in [0.25, 0.3) is 0 Å². The standard InChI is InChI=1S/C18H20BrNO2/c1-13(2)22-12-15-9-7-14(8-10-15)11-20-18(21)16-5-3-4-6-17(16)19/h3-10,13H,11-12H2,1-2H3,(H,20,21). The maximum atomic E-state index is 12.1. The van der Waals surface area contributed by atoms with Crippen molar-refractivity contribution in [3.8, 4) is 0 Å². The molecule has 0 heterocycles. The molecule has 2 rings (SSSR count). The van der Waals surface area contributed by atoms with Crippen LogP contribution < -0.4 is 5.32 Å². The van der Waals surface area contributed by atoms with Crippen molar-refractivity contribution in [1.29, 1.82) is 0 Å². The third kappa shape index (κ3) is 4.97. The fourth-order valence-corrected chi connectivity index (χ4v) is 2.40. The molecule has 0 spiro atoms. The minimum Gasteiger partial charge on any atom is -0.374 e. The third-order valence-corrected chi connectivity index (χ3v) is 3.87. The molecule has 116 valence electrons. The Morgan fingerprint density at radius 1 is 1.09 bits per heavy atom. The van der Waals surface area contributed by atoms with Gasteiger partial charge in [-0.2, -0.15) is 0 Å². The molecule has 0 atom stereocenters. The van der Waals surface area contributed by atoms with E-state index in [1.54, 1.807) is 6.07 Å². The van der Waals surface area contributed by atoms with Gasteiger partial charge in [0.05, 0.1) is 18.3 Å². The number of halogens is 1. The van der Waals surface area contributed by atoms with Crippen LogP contribution in [-0.4, -0.2) is 12.0 Å². The second-order valence-electron chi connectivity index (χ2n) is 5.34. The van der Waals surface area contributed by atoms with Crippen molar-refractivity contribution in [1.82, 2.24) is 5.32 Å². The molecule has 2 aromatic carbocycles. The lowest BCUT2D eigenvalue weighted by Gasteiger charge is -2.09. The molecule has 0 saturated heterocycles. The number of benzene rings is 2. The Morgan fingerprint density at radius 2 is 1.73 bits per heavy atom. The monoisotopic (exact) mass is 361 g/mol. The first-order valence-corrected chi connectivity index (χ1v) is 8.07. The highest BCUT2D eigenvalue weighted by Crippen LogP contribution is 2.15. The molecule has 0 aliphatic carbocycles. The second-order valence-corrected chi connectivity index (χ2v) is 6.19. The van der Waals surface area contributed by atoms with Crippen LogP contribution >= 0.6 is 15.9 Å². The van der Waals surface area contributed by atoms with Crippen LogP contribution in [0.5, 0.6) is 0 Å². The van der Waals surface area contributed by atoms with Crippen LogP contribution in [0, 0.1) is 0 Å². The van der Waals surface area contributed by atoms with E-state index in [1.165, 1.54) is 0 Å². The number of ether oxygens (including phenoxy) is 1. The van der Waals surface area contributed by atoms with Crippen LogP contribution in [0.4, 0.5) is 0 Å². The first-order chi connectivity index (χ1) is 10.6. The maximum Gasteiger partial charge on any atom is 0.252 e. The van der Waals surface area contributed by atoms with E-state index in [1.807, 2.05) is 56.3 Å². The van der Waals surface area contributed by atoms with E-state index in [2.05, 4.69) is 21.2 Å². The lowest BCUT2D eigenvalue weighted by molar-refractivity contribution is 0.0657. The Kier molecular flexibility index (Phi) is 6.16. The fraction of sp³-hybridized carbons (Fsp3) is 0.278. The molecule has 0 aromatic heterocycles. The summed E-state index contributed by atoms with van der Waals surface area (Å²) in [5.74, 6) is -0.0836. The van der Waals surface area contributed by atoms with Crippen molar-refractivity contribution in [3.05, 3.63) is 69.7 Å². The first kappa shape index (κ1) is 16.7. The molecule has 0 bridgehead atoms. The number of rotatable bonds is 6. The molecule has 0 aliphatic heterocycles. The molecule has 22 heavy (non-hydrogen) atoms. The number of amides is 1. The van der Waals surface area contributed by atoms with Crippen LogP contribution in [0.2, 0.25) is 0 Å². The SMILES string of the molecule is CC(C)OCc1ccc(CNC(=O)c2ccccc2Br)cc1. The molecule has 0 fully saturated rings. The molecule has 4 heteroatoms. The zero-order valence-electron chi connectivity index (χ0n) is 12.8. The van der Waals surface area contributed by atoms with Gasteiger partial charge in [0.25, 0.3) is 5.91 Å². The Morgan fingerprint density at radius 3 is 2.36 bits per heavy atom. The minimum atomic E-state index is -0.0836. The summed E-state index contributed by atoms with van der Waals surface area (Å²) in [5.41, 5.74) is 2.84. The number of carbonyl (C=O) groups excluding carboxylic acids is 1. The minimum absolute atomic E-state index is 0.0836. The van der Waals surface area contributed by atoms with Gasteiger partial charge in [-0.25, -0.2) is 0 Å². The summed E-state index contributed by atoms with van der Waals surface area (Å²) >= 11 is 3.39. The quantitative estimate of drug-likeness (QED) is 0.832. The predicted molar refractivity (Wildman–Crippen MR) is 91.7 cm³/mol. The van der Waals surface area contributed by atoms with E-state index in [4.69, 9.17) is 4.74 Å². The summed E-state index contributed by atoms with van der Waals surface area (Å²) in [5, 5.41) is 2.93. The number of carbonyl (C=O) groups is 1. The van der Waals surface area contributed by atoms with Crippen LogP contribution in [0.15, 0.2) is 53.0 Å². The normalized spacial score (nSPS) is 10.7. The van der Waals surface area contributed by atoms with Gasteiger partial charge in [0.2, 0.25) is 0 Å². The highest BCUT2D eigenvalue weighted by atomic mass is 79.9. The average molecular weight is 362 g/mol. The summed E-state index contributed by atoms with van der Waals surface area (Å²) in [4.78, 5) is 12.1.